The number of benzene rings is 1. The number of nitrogens with zero attached hydrogens (tertiary/aromatic N) is 2. The van der Waals surface area contributed by atoms with Crippen molar-refractivity contribution in [2.24, 2.45) is 11.7 Å². The Kier molecular flexibility index (Phi) is 3.49. The molecule has 0 bridgehead atoms. The highest BCUT2D eigenvalue weighted by atomic mass is 15.2. The molecule has 1 unspecified atom stereocenters. The van der Waals surface area contributed by atoms with Gasteiger partial charge in [-0.15, -0.1) is 0 Å². The van der Waals surface area contributed by atoms with E-state index in [-0.39, 0.29) is 0 Å². The molecule has 3 rings (SSSR count). The summed E-state index contributed by atoms with van der Waals surface area (Å²) in [5.74, 6) is 0.801. The van der Waals surface area contributed by atoms with E-state index in [4.69, 9.17) is 10.7 Å². The van der Waals surface area contributed by atoms with Gasteiger partial charge in [-0.3, -0.25) is 9.88 Å². The molecule has 1 aliphatic carbocycles. The smallest absolute Gasteiger partial charge is 0.0705 e. The van der Waals surface area contributed by atoms with Crippen LogP contribution in [0.15, 0.2) is 36.4 Å². The van der Waals surface area contributed by atoms with Crippen LogP contribution in [0.5, 0.6) is 0 Å². The van der Waals surface area contributed by atoms with Gasteiger partial charge in [0.1, 0.15) is 0 Å². The molecular weight excluding hydrogens is 234 g/mol. The Morgan fingerprint density at radius 2 is 2.05 bits per heavy atom. The van der Waals surface area contributed by atoms with Gasteiger partial charge in [-0.2, -0.15) is 0 Å². The van der Waals surface area contributed by atoms with Crippen LogP contribution in [0.4, 0.5) is 0 Å². The summed E-state index contributed by atoms with van der Waals surface area (Å²) in [6.07, 6.45) is 2.66. The Bertz CT molecular complexity index is 563. The van der Waals surface area contributed by atoms with E-state index in [2.05, 4.69) is 36.2 Å². The van der Waals surface area contributed by atoms with Crippen LogP contribution in [0, 0.1) is 5.92 Å². The highest BCUT2D eigenvalue weighted by Crippen LogP contribution is 2.34. The highest BCUT2D eigenvalue weighted by Gasteiger charge is 2.32. The van der Waals surface area contributed by atoms with E-state index in [1.807, 2.05) is 12.1 Å². The maximum Gasteiger partial charge on any atom is 0.0705 e. The van der Waals surface area contributed by atoms with Crippen LogP contribution in [0.3, 0.4) is 0 Å². The predicted molar refractivity (Wildman–Crippen MR) is 78.8 cm³/mol. The molecule has 19 heavy (non-hydrogen) atoms. The maximum atomic E-state index is 5.90. The second kappa shape index (κ2) is 5.27. The lowest BCUT2D eigenvalue weighted by Crippen LogP contribution is -2.39. The van der Waals surface area contributed by atoms with Crippen molar-refractivity contribution in [2.75, 3.05) is 13.6 Å². The molecule has 2 aromatic rings. The van der Waals surface area contributed by atoms with Gasteiger partial charge in [-0.05, 0) is 37.9 Å². The minimum Gasteiger partial charge on any atom is -0.329 e. The number of pyridine rings is 1. The van der Waals surface area contributed by atoms with Crippen molar-refractivity contribution in [1.29, 1.82) is 0 Å². The van der Waals surface area contributed by atoms with E-state index < -0.39 is 0 Å². The van der Waals surface area contributed by atoms with Crippen molar-refractivity contribution >= 4 is 10.9 Å². The number of nitrogens with two attached hydrogens (primary N) is 1. The summed E-state index contributed by atoms with van der Waals surface area (Å²) in [7, 11) is 2.16. The van der Waals surface area contributed by atoms with Crippen LogP contribution < -0.4 is 5.73 Å². The normalized spacial score (nSPS) is 17.0. The Morgan fingerprint density at radius 1 is 1.26 bits per heavy atom. The van der Waals surface area contributed by atoms with E-state index in [0.717, 1.165) is 30.2 Å². The van der Waals surface area contributed by atoms with Gasteiger partial charge in [0, 0.05) is 24.5 Å². The fourth-order valence-electron chi connectivity index (χ4n) is 2.78. The predicted octanol–water partition coefficient (Wildman–Crippen LogP) is 2.40. The largest absolute Gasteiger partial charge is 0.329 e. The number of hydrogen-bond acceptors (Lipinski definition) is 3. The molecule has 3 nitrogen and oxygen atoms in total. The van der Waals surface area contributed by atoms with Gasteiger partial charge in [0.05, 0.1) is 11.2 Å². The van der Waals surface area contributed by atoms with Crippen molar-refractivity contribution in [3.05, 3.63) is 42.1 Å². The molecule has 1 saturated carbocycles. The number of aromatic nitrogens is 1. The first-order valence-electron chi connectivity index (χ1n) is 7.03. The summed E-state index contributed by atoms with van der Waals surface area (Å²) in [5, 5.41) is 1.20. The van der Waals surface area contributed by atoms with Crippen LogP contribution in [0.1, 0.15) is 18.5 Å². The van der Waals surface area contributed by atoms with Crippen LogP contribution in [0.25, 0.3) is 10.9 Å². The second-order valence-electron chi connectivity index (χ2n) is 5.55. The van der Waals surface area contributed by atoms with Crippen molar-refractivity contribution < 1.29 is 0 Å². The topological polar surface area (TPSA) is 42.2 Å². The molecule has 1 aromatic heterocycles. The molecule has 1 atom stereocenters. The average Bonchev–Trinajstić information content (AvgIpc) is 3.24. The maximum absolute atomic E-state index is 5.90. The van der Waals surface area contributed by atoms with Crippen molar-refractivity contribution in [2.45, 2.75) is 25.4 Å². The summed E-state index contributed by atoms with van der Waals surface area (Å²) in [6, 6.07) is 13.0. The standard InChI is InChI=1S/C16H21N3/c1-19(16(10-17)13-6-7-13)11-14-9-8-12-4-2-3-5-15(12)18-14/h2-5,8-9,13,16H,6-7,10-11,17H2,1H3. The average molecular weight is 255 g/mol. The van der Waals surface area contributed by atoms with Crippen molar-refractivity contribution in [3.63, 3.8) is 0 Å². The third-order valence-corrected chi connectivity index (χ3v) is 4.04. The van der Waals surface area contributed by atoms with E-state index in [1.165, 1.54) is 18.2 Å². The van der Waals surface area contributed by atoms with Gasteiger partial charge in [0.25, 0.3) is 0 Å². The van der Waals surface area contributed by atoms with E-state index in [1.54, 1.807) is 0 Å². The monoisotopic (exact) mass is 255 g/mol. The molecule has 1 aromatic carbocycles. The fraction of sp³-hybridized carbons (Fsp3) is 0.438. The van der Waals surface area contributed by atoms with Gasteiger partial charge in [0.15, 0.2) is 0 Å². The number of fused-ring (bicyclic) bond motifs is 1. The molecular formula is C16H21N3. The SMILES string of the molecule is CN(Cc1ccc2ccccc2n1)C(CN)C1CC1. The van der Waals surface area contributed by atoms with Gasteiger partial charge in [-0.25, -0.2) is 0 Å². The van der Waals surface area contributed by atoms with Crippen LogP contribution in [-0.2, 0) is 6.54 Å². The first-order chi connectivity index (χ1) is 9.28. The molecule has 0 spiro atoms. The zero-order valence-corrected chi connectivity index (χ0v) is 11.4. The lowest BCUT2D eigenvalue weighted by Gasteiger charge is -2.26. The van der Waals surface area contributed by atoms with Gasteiger partial charge >= 0.3 is 0 Å². The quantitative estimate of drug-likeness (QED) is 0.892. The van der Waals surface area contributed by atoms with Gasteiger partial charge < -0.3 is 5.73 Å². The first-order valence-corrected chi connectivity index (χ1v) is 7.03. The highest BCUT2D eigenvalue weighted by molar-refractivity contribution is 5.78. The molecule has 1 fully saturated rings. The fourth-order valence-corrected chi connectivity index (χ4v) is 2.78. The molecule has 3 heteroatoms. The number of hydrogen-bond donors (Lipinski definition) is 1. The molecule has 100 valence electrons. The Balaban J connectivity index is 1.76. The lowest BCUT2D eigenvalue weighted by atomic mass is 10.1. The molecule has 1 heterocycles. The minimum atomic E-state index is 0.508. The zero-order valence-electron chi connectivity index (χ0n) is 11.4. The minimum absolute atomic E-state index is 0.508. The molecule has 0 radical (unpaired) electrons. The summed E-state index contributed by atoms with van der Waals surface area (Å²) >= 11 is 0. The Labute approximate surface area is 114 Å². The van der Waals surface area contributed by atoms with E-state index in [0.29, 0.717) is 6.04 Å². The van der Waals surface area contributed by atoms with Crippen LogP contribution >= 0.6 is 0 Å². The second-order valence-corrected chi connectivity index (χ2v) is 5.55. The molecule has 1 aliphatic rings. The Morgan fingerprint density at radius 3 is 2.79 bits per heavy atom. The van der Waals surface area contributed by atoms with Crippen LogP contribution in [-0.4, -0.2) is 29.5 Å². The first kappa shape index (κ1) is 12.6. The summed E-state index contributed by atoms with van der Waals surface area (Å²) in [4.78, 5) is 7.09. The molecule has 0 amide bonds. The molecule has 0 aliphatic heterocycles. The summed E-state index contributed by atoms with van der Waals surface area (Å²) < 4.78 is 0. The number of likely N-dealkylation sites (N-methyl/N-ethyl adjacent to an activating group) is 1. The van der Waals surface area contributed by atoms with Gasteiger partial charge in [-0.1, -0.05) is 24.3 Å². The Hall–Kier alpha value is -1.45. The van der Waals surface area contributed by atoms with E-state index >= 15 is 0 Å². The number of para-hydroxylation sites is 1. The summed E-state index contributed by atoms with van der Waals surface area (Å²) in [6.45, 7) is 1.62. The lowest BCUT2D eigenvalue weighted by molar-refractivity contribution is 0.213. The third kappa shape index (κ3) is 2.77. The van der Waals surface area contributed by atoms with Crippen molar-refractivity contribution in [1.82, 2.24) is 9.88 Å². The summed E-state index contributed by atoms with van der Waals surface area (Å²) in [5.41, 5.74) is 8.10. The zero-order chi connectivity index (χ0) is 13.2. The number of rotatable bonds is 5. The third-order valence-electron chi connectivity index (χ3n) is 4.04. The van der Waals surface area contributed by atoms with Gasteiger partial charge in [0.2, 0.25) is 0 Å². The molecule has 2 N–H and O–H groups in total. The van der Waals surface area contributed by atoms with Crippen LogP contribution in [0.2, 0.25) is 0 Å². The van der Waals surface area contributed by atoms with E-state index in [9.17, 15) is 0 Å². The van der Waals surface area contributed by atoms with Crippen molar-refractivity contribution in [3.8, 4) is 0 Å². The molecule has 0 saturated heterocycles.